The minimum absolute atomic E-state index is 0.130. The second-order valence-electron chi connectivity index (χ2n) is 6.70. The summed E-state index contributed by atoms with van der Waals surface area (Å²) in [6.07, 6.45) is 2.50. The van der Waals surface area contributed by atoms with E-state index < -0.39 is 10.0 Å². The van der Waals surface area contributed by atoms with Crippen LogP contribution in [0.25, 0.3) is 0 Å². The van der Waals surface area contributed by atoms with Gasteiger partial charge in [0.15, 0.2) is 0 Å². The molecule has 0 bridgehead atoms. The Morgan fingerprint density at radius 3 is 2.46 bits per heavy atom. The zero-order chi connectivity index (χ0) is 20.1. The van der Waals surface area contributed by atoms with E-state index in [1.807, 2.05) is 12.1 Å². The maximum absolute atomic E-state index is 13.1. The fourth-order valence-corrected chi connectivity index (χ4v) is 5.29. The predicted molar refractivity (Wildman–Crippen MR) is 112 cm³/mol. The lowest BCUT2D eigenvalue weighted by atomic mass is 10.0. The molecule has 0 radical (unpaired) electrons. The summed E-state index contributed by atoms with van der Waals surface area (Å²) in [7, 11) is -2.13. The van der Waals surface area contributed by atoms with Gasteiger partial charge in [0.2, 0.25) is 15.9 Å². The molecule has 6 nitrogen and oxygen atoms in total. The predicted octanol–water partition coefficient (Wildman–Crippen LogP) is 4.03. The lowest BCUT2D eigenvalue weighted by molar-refractivity contribution is -0.117. The summed E-state index contributed by atoms with van der Waals surface area (Å²) in [5.41, 5.74) is 0.688. The Morgan fingerprint density at radius 2 is 1.82 bits per heavy atom. The number of nitrogens with one attached hydrogen (secondary N) is 1. The first-order valence-corrected chi connectivity index (χ1v) is 11.3. The number of piperidine rings is 1. The van der Waals surface area contributed by atoms with Crippen LogP contribution in [-0.2, 0) is 14.8 Å². The summed E-state index contributed by atoms with van der Waals surface area (Å²) in [6, 6.07) is 13.3. The molecular weight excluding hydrogens is 444 g/mol. The highest BCUT2D eigenvalue weighted by Crippen LogP contribution is 2.28. The van der Waals surface area contributed by atoms with Crippen molar-refractivity contribution in [2.45, 2.75) is 36.6 Å². The van der Waals surface area contributed by atoms with E-state index in [9.17, 15) is 13.2 Å². The van der Waals surface area contributed by atoms with Crippen LogP contribution in [0.2, 0.25) is 0 Å². The van der Waals surface area contributed by atoms with Gasteiger partial charge < -0.3 is 10.1 Å². The van der Waals surface area contributed by atoms with Gasteiger partial charge in [-0.3, -0.25) is 4.79 Å². The smallest absolute Gasteiger partial charge is 0.243 e. The fourth-order valence-electron chi connectivity index (χ4n) is 3.34. The fraction of sp³-hybridized carbons (Fsp3) is 0.350. The molecule has 150 valence electrons. The van der Waals surface area contributed by atoms with Gasteiger partial charge in [0, 0.05) is 29.2 Å². The summed E-state index contributed by atoms with van der Waals surface area (Å²) < 4.78 is 33.7. The SMILES string of the molecule is COc1ccc(S(=O)(=O)N2CCCCC2CC(=O)Nc2ccc(Br)cc2)cc1. The number of carbonyl (C=O) groups excluding carboxylic acids is 1. The minimum Gasteiger partial charge on any atom is -0.497 e. The molecule has 2 aromatic rings. The van der Waals surface area contributed by atoms with E-state index in [2.05, 4.69) is 21.2 Å². The molecule has 1 amide bonds. The van der Waals surface area contributed by atoms with Crippen LogP contribution >= 0.6 is 15.9 Å². The Labute approximate surface area is 174 Å². The van der Waals surface area contributed by atoms with Gasteiger partial charge in [-0.15, -0.1) is 0 Å². The van der Waals surface area contributed by atoms with Crippen molar-refractivity contribution in [3.63, 3.8) is 0 Å². The van der Waals surface area contributed by atoms with Crippen LogP contribution in [0.1, 0.15) is 25.7 Å². The number of methoxy groups -OCH3 is 1. The summed E-state index contributed by atoms with van der Waals surface area (Å²) in [4.78, 5) is 12.7. The molecule has 1 N–H and O–H groups in total. The molecule has 0 aliphatic carbocycles. The number of hydrogen-bond donors (Lipinski definition) is 1. The molecule has 1 unspecified atom stereocenters. The second-order valence-corrected chi connectivity index (χ2v) is 9.51. The number of benzene rings is 2. The summed E-state index contributed by atoms with van der Waals surface area (Å²) in [5, 5.41) is 2.85. The highest BCUT2D eigenvalue weighted by Gasteiger charge is 2.34. The number of ether oxygens (including phenoxy) is 1. The zero-order valence-electron chi connectivity index (χ0n) is 15.6. The van der Waals surface area contributed by atoms with Crippen LogP contribution in [0.15, 0.2) is 57.9 Å². The highest BCUT2D eigenvalue weighted by molar-refractivity contribution is 9.10. The molecule has 0 saturated carbocycles. The monoisotopic (exact) mass is 466 g/mol. The van der Waals surface area contributed by atoms with E-state index in [0.29, 0.717) is 24.4 Å². The Hall–Kier alpha value is -1.90. The molecule has 1 saturated heterocycles. The zero-order valence-corrected chi connectivity index (χ0v) is 18.0. The first-order valence-electron chi connectivity index (χ1n) is 9.11. The summed E-state index contributed by atoms with van der Waals surface area (Å²) >= 11 is 3.36. The van der Waals surface area contributed by atoms with Crippen LogP contribution in [0.4, 0.5) is 5.69 Å². The van der Waals surface area contributed by atoms with Crippen LogP contribution in [0, 0.1) is 0 Å². The normalized spacial score (nSPS) is 17.9. The number of carbonyl (C=O) groups is 1. The molecule has 2 aromatic carbocycles. The third-order valence-electron chi connectivity index (χ3n) is 4.79. The third kappa shape index (κ3) is 4.92. The Bertz CT molecular complexity index is 914. The summed E-state index contributed by atoms with van der Waals surface area (Å²) in [6.45, 7) is 0.421. The molecule has 3 rings (SSSR count). The van der Waals surface area contributed by atoms with E-state index in [1.165, 1.54) is 11.4 Å². The largest absolute Gasteiger partial charge is 0.497 e. The van der Waals surface area contributed by atoms with Crippen molar-refractivity contribution in [3.8, 4) is 5.75 Å². The highest BCUT2D eigenvalue weighted by atomic mass is 79.9. The van der Waals surface area contributed by atoms with Gasteiger partial charge >= 0.3 is 0 Å². The van der Waals surface area contributed by atoms with Gasteiger partial charge in [0.25, 0.3) is 0 Å². The van der Waals surface area contributed by atoms with Crippen molar-refractivity contribution in [2.24, 2.45) is 0 Å². The molecule has 0 spiro atoms. The number of halogens is 1. The van der Waals surface area contributed by atoms with Crippen LogP contribution in [-0.4, -0.2) is 38.3 Å². The van der Waals surface area contributed by atoms with Crippen molar-refractivity contribution in [1.82, 2.24) is 4.31 Å². The van der Waals surface area contributed by atoms with Gasteiger partial charge in [-0.05, 0) is 61.4 Å². The standard InChI is InChI=1S/C20H23BrN2O4S/c1-27-18-9-11-19(12-10-18)28(25,26)23-13-3-2-4-17(23)14-20(24)22-16-7-5-15(21)6-8-16/h5-12,17H,2-4,13-14H2,1H3,(H,22,24). The second kappa shape index (κ2) is 9.07. The van der Waals surface area contributed by atoms with E-state index in [0.717, 1.165) is 17.3 Å². The van der Waals surface area contributed by atoms with Crippen molar-refractivity contribution in [2.75, 3.05) is 19.0 Å². The number of sulfonamides is 1. The average molecular weight is 467 g/mol. The Kier molecular flexibility index (Phi) is 6.74. The number of anilines is 1. The van der Waals surface area contributed by atoms with Crippen molar-refractivity contribution >= 4 is 37.5 Å². The Balaban J connectivity index is 1.73. The lowest BCUT2D eigenvalue weighted by Gasteiger charge is -2.34. The molecule has 8 heteroatoms. The molecule has 0 aromatic heterocycles. The number of hydrogen-bond acceptors (Lipinski definition) is 4. The molecular formula is C20H23BrN2O4S. The molecule has 1 heterocycles. The topological polar surface area (TPSA) is 75.7 Å². The van der Waals surface area contributed by atoms with Gasteiger partial charge in [-0.1, -0.05) is 22.4 Å². The number of amides is 1. The van der Waals surface area contributed by atoms with Crippen LogP contribution in [0.5, 0.6) is 5.75 Å². The first kappa shape index (κ1) is 20.8. The van der Waals surface area contributed by atoms with Crippen molar-refractivity contribution in [3.05, 3.63) is 53.0 Å². The van der Waals surface area contributed by atoms with E-state index >= 15 is 0 Å². The average Bonchev–Trinajstić information content (AvgIpc) is 2.70. The molecule has 28 heavy (non-hydrogen) atoms. The van der Waals surface area contributed by atoms with Crippen molar-refractivity contribution in [1.29, 1.82) is 0 Å². The maximum Gasteiger partial charge on any atom is 0.243 e. The van der Waals surface area contributed by atoms with E-state index in [4.69, 9.17) is 4.74 Å². The Morgan fingerprint density at radius 1 is 1.14 bits per heavy atom. The van der Waals surface area contributed by atoms with E-state index in [-0.39, 0.29) is 23.3 Å². The van der Waals surface area contributed by atoms with Gasteiger partial charge in [0.05, 0.1) is 12.0 Å². The number of rotatable bonds is 6. The molecule has 1 fully saturated rings. The third-order valence-corrected chi connectivity index (χ3v) is 7.28. The van der Waals surface area contributed by atoms with Gasteiger partial charge in [-0.2, -0.15) is 4.31 Å². The molecule has 1 aliphatic heterocycles. The molecule has 1 atom stereocenters. The van der Waals surface area contributed by atoms with Crippen molar-refractivity contribution < 1.29 is 17.9 Å². The van der Waals surface area contributed by atoms with Gasteiger partial charge in [0.1, 0.15) is 5.75 Å². The summed E-state index contributed by atoms with van der Waals surface area (Å²) in [5.74, 6) is 0.409. The minimum atomic E-state index is -3.67. The lowest BCUT2D eigenvalue weighted by Crippen LogP contribution is -2.45. The first-order chi connectivity index (χ1) is 13.4. The van der Waals surface area contributed by atoms with Crippen LogP contribution < -0.4 is 10.1 Å². The van der Waals surface area contributed by atoms with Crippen LogP contribution in [0.3, 0.4) is 0 Å². The quantitative estimate of drug-likeness (QED) is 0.696. The molecule has 1 aliphatic rings. The van der Waals surface area contributed by atoms with Gasteiger partial charge in [-0.25, -0.2) is 8.42 Å². The van der Waals surface area contributed by atoms with E-state index in [1.54, 1.807) is 36.4 Å². The maximum atomic E-state index is 13.1. The number of nitrogens with zero attached hydrogens (tertiary/aromatic N) is 1.